The van der Waals surface area contributed by atoms with Crippen LogP contribution in [0.15, 0.2) is 97.1 Å². The Bertz CT molecular complexity index is 1850. The van der Waals surface area contributed by atoms with E-state index >= 15 is 0 Å². The summed E-state index contributed by atoms with van der Waals surface area (Å²) < 4.78 is 0. The van der Waals surface area contributed by atoms with Crippen molar-refractivity contribution in [1.29, 1.82) is 0 Å². The Hall–Kier alpha value is -4.59. The van der Waals surface area contributed by atoms with Crippen LogP contribution < -0.4 is 4.90 Å². The Labute approximate surface area is 250 Å². The van der Waals surface area contributed by atoms with E-state index in [-0.39, 0.29) is 27.8 Å². The van der Waals surface area contributed by atoms with Crippen molar-refractivity contribution in [1.82, 2.24) is 0 Å². The second-order valence-corrected chi connectivity index (χ2v) is 11.4. The van der Waals surface area contributed by atoms with E-state index in [2.05, 4.69) is 0 Å². The number of nitro groups is 1. The number of anilines is 1. The molecular formula is C33H20Cl2N2O5. The zero-order chi connectivity index (χ0) is 29.3. The third-order valence-electron chi connectivity index (χ3n) is 8.64. The molecule has 7 nitrogen and oxygen atoms in total. The second kappa shape index (κ2) is 9.48. The minimum Gasteiger partial charge on any atom is -0.352 e. The molecule has 3 atom stereocenters. The molecule has 1 aliphatic carbocycles. The summed E-state index contributed by atoms with van der Waals surface area (Å²) in [5, 5.41) is 11.9. The molecular weight excluding hydrogens is 575 g/mol. The van der Waals surface area contributed by atoms with Crippen LogP contribution >= 0.6 is 23.2 Å². The van der Waals surface area contributed by atoms with Gasteiger partial charge in [0.2, 0.25) is 0 Å². The predicted octanol–water partition coefficient (Wildman–Crippen LogP) is 7.22. The number of carbonyl (C=O) groups is 3. The quantitative estimate of drug-likeness (QED) is 0.107. The van der Waals surface area contributed by atoms with Crippen molar-refractivity contribution in [2.45, 2.75) is 18.0 Å². The molecule has 9 heteroatoms. The Kier molecular flexibility index (Phi) is 5.94. The number of fused-ring (bicyclic) bond motifs is 5. The summed E-state index contributed by atoms with van der Waals surface area (Å²) in [6.07, 6.45) is 3.70. The highest BCUT2D eigenvalue weighted by molar-refractivity contribution is 6.36. The molecule has 1 spiro atoms. The summed E-state index contributed by atoms with van der Waals surface area (Å²) in [6, 6.07) is 22.5. The van der Waals surface area contributed by atoms with Crippen LogP contribution in [0.2, 0.25) is 10.0 Å². The predicted molar refractivity (Wildman–Crippen MR) is 160 cm³/mol. The SMILES string of the molecule is O=C(c1ccc([N+](=O)[O-])cc1)[C@@H]1[C@@H](c2ccc(Cl)cc2Cl)C2(C(=O)c3ccccc3C2=O)[C@@H]2C=Cc3ccccc3N12. The lowest BCUT2D eigenvalue weighted by molar-refractivity contribution is -0.384. The fourth-order valence-electron chi connectivity index (χ4n) is 6.93. The smallest absolute Gasteiger partial charge is 0.269 e. The van der Waals surface area contributed by atoms with Gasteiger partial charge >= 0.3 is 0 Å². The number of nitro benzene ring substituents is 1. The molecule has 0 N–H and O–H groups in total. The molecule has 1 fully saturated rings. The lowest BCUT2D eigenvalue weighted by atomic mass is 9.64. The van der Waals surface area contributed by atoms with Gasteiger partial charge in [-0.25, -0.2) is 0 Å². The number of hydrogen-bond acceptors (Lipinski definition) is 6. The number of carbonyl (C=O) groups excluding carboxylic acids is 3. The normalized spacial score (nSPS) is 21.3. The van der Waals surface area contributed by atoms with Gasteiger partial charge in [-0.2, -0.15) is 0 Å². The maximum atomic E-state index is 14.7. The van der Waals surface area contributed by atoms with Crippen molar-refractivity contribution in [3.8, 4) is 0 Å². The van der Waals surface area contributed by atoms with Crippen molar-refractivity contribution in [2.75, 3.05) is 4.90 Å². The van der Waals surface area contributed by atoms with Crippen LogP contribution in [-0.4, -0.2) is 34.4 Å². The van der Waals surface area contributed by atoms with Crippen LogP contribution in [0.4, 0.5) is 11.4 Å². The van der Waals surface area contributed by atoms with Gasteiger partial charge in [-0.05, 0) is 41.5 Å². The summed E-state index contributed by atoms with van der Waals surface area (Å²) in [4.78, 5) is 56.6. The van der Waals surface area contributed by atoms with Gasteiger partial charge in [0, 0.05) is 50.5 Å². The number of para-hydroxylation sites is 1. The molecule has 4 aromatic rings. The lowest BCUT2D eigenvalue weighted by Crippen LogP contribution is -2.48. The van der Waals surface area contributed by atoms with Crippen molar-refractivity contribution in [3.05, 3.63) is 145 Å². The number of non-ortho nitro benzene ring substituents is 1. The molecule has 0 bridgehead atoms. The van der Waals surface area contributed by atoms with Gasteiger partial charge in [-0.15, -0.1) is 0 Å². The topological polar surface area (TPSA) is 97.6 Å². The second-order valence-electron chi connectivity index (χ2n) is 10.6. The highest BCUT2D eigenvalue weighted by Gasteiger charge is 2.71. The first-order valence-electron chi connectivity index (χ1n) is 13.2. The van der Waals surface area contributed by atoms with Gasteiger partial charge in [0.15, 0.2) is 17.3 Å². The van der Waals surface area contributed by atoms with Crippen molar-refractivity contribution >= 4 is 58.0 Å². The summed E-state index contributed by atoms with van der Waals surface area (Å²) >= 11 is 13.1. The van der Waals surface area contributed by atoms with E-state index in [0.29, 0.717) is 27.4 Å². The van der Waals surface area contributed by atoms with Crippen LogP contribution in [0.5, 0.6) is 0 Å². The highest BCUT2D eigenvalue weighted by Crippen LogP contribution is 2.61. The monoisotopic (exact) mass is 594 g/mol. The summed E-state index contributed by atoms with van der Waals surface area (Å²) in [5.74, 6) is -2.17. The molecule has 2 heterocycles. The molecule has 7 rings (SSSR count). The summed E-state index contributed by atoms with van der Waals surface area (Å²) in [7, 11) is 0. The molecule has 206 valence electrons. The van der Waals surface area contributed by atoms with Crippen molar-refractivity contribution in [2.24, 2.45) is 5.41 Å². The van der Waals surface area contributed by atoms with E-state index in [4.69, 9.17) is 23.2 Å². The molecule has 1 saturated heterocycles. The number of halogens is 2. The van der Waals surface area contributed by atoms with Crippen LogP contribution in [-0.2, 0) is 0 Å². The number of rotatable bonds is 4. The maximum Gasteiger partial charge on any atom is 0.269 e. The number of ketones is 3. The molecule has 42 heavy (non-hydrogen) atoms. The maximum absolute atomic E-state index is 14.7. The van der Waals surface area contributed by atoms with E-state index in [0.717, 1.165) is 5.56 Å². The van der Waals surface area contributed by atoms with E-state index in [1.54, 1.807) is 36.4 Å². The summed E-state index contributed by atoms with van der Waals surface area (Å²) in [5.41, 5.74) is 0.883. The lowest BCUT2D eigenvalue weighted by Gasteiger charge is -2.37. The minimum atomic E-state index is -1.72. The third-order valence-corrected chi connectivity index (χ3v) is 9.20. The van der Waals surface area contributed by atoms with Gasteiger partial charge in [0.05, 0.1) is 11.0 Å². The average molecular weight is 595 g/mol. The van der Waals surface area contributed by atoms with E-state index in [9.17, 15) is 24.5 Å². The largest absolute Gasteiger partial charge is 0.352 e. The Morgan fingerprint density at radius 2 is 1.50 bits per heavy atom. The fourth-order valence-corrected chi connectivity index (χ4v) is 7.46. The number of hydrogen-bond donors (Lipinski definition) is 0. The Morgan fingerprint density at radius 3 is 2.14 bits per heavy atom. The van der Waals surface area contributed by atoms with Crippen molar-refractivity contribution < 1.29 is 19.3 Å². The molecule has 0 saturated carbocycles. The molecule has 3 aliphatic rings. The first-order valence-corrected chi connectivity index (χ1v) is 14.0. The first kappa shape index (κ1) is 26.3. The van der Waals surface area contributed by atoms with Crippen LogP contribution in [0, 0.1) is 15.5 Å². The van der Waals surface area contributed by atoms with Gasteiger partial charge in [0.1, 0.15) is 11.5 Å². The zero-order valence-corrected chi connectivity index (χ0v) is 23.3. The third kappa shape index (κ3) is 3.50. The average Bonchev–Trinajstić information content (AvgIpc) is 3.43. The molecule has 0 aromatic heterocycles. The zero-order valence-electron chi connectivity index (χ0n) is 21.7. The number of benzene rings is 4. The van der Waals surface area contributed by atoms with E-state index < -0.39 is 34.1 Å². The Balaban J connectivity index is 1.54. The van der Waals surface area contributed by atoms with Gasteiger partial charge in [0.25, 0.3) is 5.69 Å². The van der Waals surface area contributed by atoms with E-state index in [1.165, 1.54) is 30.3 Å². The summed E-state index contributed by atoms with van der Waals surface area (Å²) in [6.45, 7) is 0. The molecule has 0 amide bonds. The van der Waals surface area contributed by atoms with Crippen LogP contribution in [0.1, 0.15) is 48.1 Å². The number of nitrogens with zero attached hydrogens (tertiary/aromatic N) is 2. The van der Waals surface area contributed by atoms with Crippen LogP contribution in [0.3, 0.4) is 0 Å². The van der Waals surface area contributed by atoms with Gasteiger partial charge in [-0.3, -0.25) is 24.5 Å². The highest BCUT2D eigenvalue weighted by atomic mass is 35.5. The van der Waals surface area contributed by atoms with Crippen molar-refractivity contribution in [3.63, 3.8) is 0 Å². The number of Topliss-reactive ketones (excluding diaryl/α,β-unsaturated/α-hetero) is 3. The fraction of sp³-hybridized carbons (Fsp3) is 0.121. The minimum absolute atomic E-state index is 0.160. The van der Waals surface area contributed by atoms with Crippen LogP contribution in [0.25, 0.3) is 6.08 Å². The van der Waals surface area contributed by atoms with Gasteiger partial charge in [-0.1, -0.05) is 83.9 Å². The standard InChI is InChI=1S/C33H20Cl2N2O5/c34-20-12-15-24(25(35)17-20)28-29(30(38)19-9-13-21(14-10-19)37(41)42)36-26-8-4-1-5-18(26)11-16-27(36)33(28)31(39)22-6-2-3-7-23(22)32(33)40/h1-17,27-29H/t27-,28+,29-/m0/s1. The first-order chi connectivity index (χ1) is 20.2. The van der Waals surface area contributed by atoms with E-state index in [1.807, 2.05) is 41.3 Å². The molecule has 2 aliphatic heterocycles. The molecule has 0 unspecified atom stereocenters. The van der Waals surface area contributed by atoms with Gasteiger partial charge < -0.3 is 4.90 Å². The molecule has 0 radical (unpaired) electrons. The molecule has 4 aromatic carbocycles. The Morgan fingerprint density at radius 1 is 0.857 bits per heavy atom.